The number of amides is 1. The first-order valence-electron chi connectivity index (χ1n) is 8.06. The van der Waals surface area contributed by atoms with E-state index in [0.29, 0.717) is 22.4 Å². The lowest BCUT2D eigenvalue weighted by Crippen LogP contribution is -2.07. The summed E-state index contributed by atoms with van der Waals surface area (Å²) in [4.78, 5) is 39.3. The standard InChI is InChI=1S/C20H16N2O5/c1-12(23)21-15-9-7-13(8-10-15)18-22-17(20(25)27-18)11-14-5-3-4-6-16(14)19(24)26-2/h3-11H,1-2H3,(H,21,23)/b17-11-. The number of cyclic esters (lactones) is 1. The maximum atomic E-state index is 12.1. The molecule has 0 radical (unpaired) electrons. The fourth-order valence-corrected chi connectivity index (χ4v) is 2.50. The third-order valence-corrected chi connectivity index (χ3v) is 3.73. The molecule has 0 unspecified atom stereocenters. The highest BCUT2D eigenvalue weighted by Crippen LogP contribution is 2.22. The normalized spacial score (nSPS) is 14.5. The van der Waals surface area contributed by atoms with Gasteiger partial charge in [-0.3, -0.25) is 4.79 Å². The maximum absolute atomic E-state index is 12.1. The highest BCUT2D eigenvalue weighted by molar-refractivity contribution is 6.13. The first-order valence-corrected chi connectivity index (χ1v) is 8.06. The number of carbonyl (C=O) groups excluding carboxylic acids is 3. The lowest BCUT2D eigenvalue weighted by atomic mass is 10.1. The van der Waals surface area contributed by atoms with Crippen LogP contribution in [0.3, 0.4) is 0 Å². The van der Waals surface area contributed by atoms with Crippen molar-refractivity contribution < 1.29 is 23.9 Å². The van der Waals surface area contributed by atoms with Crippen LogP contribution in [0, 0.1) is 0 Å². The molecule has 0 fully saturated rings. The number of ether oxygens (including phenoxy) is 2. The summed E-state index contributed by atoms with van der Waals surface area (Å²) in [6.45, 7) is 1.42. The molecule has 1 amide bonds. The molecule has 3 rings (SSSR count). The topological polar surface area (TPSA) is 94.1 Å². The molecule has 136 valence electrons. The van der Waals surface area contributed by atoms with E-state index >= 15 is 0 Å². The number of esters is 2. The minimum absolute atomic E-state index is 0.0762. The zero-order valence-electron chi connectivity index (χ0n) is 14.7. The molecule has 0 atom stereocenters. The van der Waals surface area contributed by atoms with Crippen molar-refractivity contribution >= 4 is 35.5 Å². The molecule has 2 aromatic rings. The SMILES string of the molecule is COC(=O)c1ccccc1/C=C1\N=C(c2ccc(NC(C)=O)cc2)OC1=O. The van der Waals surface area contributed by atoms with E-state index in [-0.39, 0.29) is 17.5 Å². The van der Waals surface area contributed by atoms with Crippen LogP contribution >= 0.6 is 0 Å². The second-order valence-electron chi connectivity index (χ2n) is 5.67. The Morgan fingerprint density at radius 2 is 1.81 bits per heavy atom. The zero-order chi connectivity index (χ0) is 19.4. The van der Waals surface area contributed by atoms with Gasteiger partial charge in [-0.15, -0.1) is 0 Å². The first-order chi connectivity index (χ1) is 13.0. The van der Waals surface area contributed by atoms with Crippen molar-refractivity contribution in [3.63, 3.8) is 0 Å². The fourth-order valence-electron chi connectivity index (χ4n) is 2.50. The number of benzene rings is 2. The Morgan fingerprint density at radius 3 is 2.48 bits per heavy atom. The van der Waals surface area contributed by atoms with Gasteiger partial charge in [0, 0.05) is 18.2 Å². The third kappa shape index (κ3) is 4.09. The molecule has 0 aliphatic carbocycles. The van der Waals surface area contributed by atoms with Gasteiger partial charge in [0.25, 0.3) is 0 Å². The van der Waals surface area contributed by atoms with Gasteiger partial charge in [-0.1, -0.05) is 18.2 Å². The Morgan fingerprint density at radius 1 is 1.11 bits per heavy atom. The second-order valence-corrected chi connectivity index (χ2v) is 5.67. The summed E-state index contributed by atoms with van der Waals surface area (Å²) >= 11 is 0. The van der Waals surface area contributed by atoms with Gasteiger partial charge in [0.05, 0.1) is 12.7 Å². The summed E-state index contributed by atoms with van der Waals surface area (Å²) < 4.78 is 9.97. The number of carbonyl (C=O) groups is 3. The molecule has 1 heterocycles. The Hall–Kier alpha value is -3.74. The van der Waals surface area contributed by atoms with Crippen molar-refractivity contribution in [1.29, 1.82) is 0 Å². The van der Waals surface area contributed by atoms with Crippen molar-refractivity contribution in [2.45, 2.75) is 6.92 Å². The van der Waals surface area contributed by atoms with Crippen LogP contribution in [0.5, 0.6) is 0 Å². The van der Waals surface area contributed by atoms with E-state index in [1.807, 2.05) is 0 Å². The molecule has 0 spiro atoms. The van der Waals surface area contributed by atoms with Gasteiger partial charge in [0.2, 0.25) is 11.8 Å². The molecule has 0 aromatic heterocycles. The number of rotatable bonds is 4. The molecule has 7 nitrogen and oxygen atoms in total. The molecule has 1 aliphatic heterocycles. The summed E-state index contributed by atoms with van der Waals surface area (Å²) in [5.41, 5.74) is 2.11. The van der Waals surface area contributed by atoms with Crippen molar-refractivity contribution in [3.05, 3.63) is 70.9 Å². The van der Waals surface area contributed by atoms with Crippen molar-refractivity contribution in [2.75, 3.05) is 12.4 Å². The van der Waals surface area contributed by atoms with E-state index in [2.05, 4.69) is 10.3 Å². The zero-order valence-corrected chi connectivity index (χ0v) is 14.7. The second kappa shape index (κ2) is 7.65. The molecule has 1 N–H and O–H groups in total. The van der Waals surface area contributed by atoms with E-state index < -0.39 is 11.9 Å². The monoisotopic (exact) mass is 364 g/mol. The van der Waals surface area contributed by atoms with Crippen LogP contribution in [0.1, 0.15) is 28.4 Å². The summed E-state index contributed by atoms with van der Waals surface area (Å²) in [6, 6.07) is 13.5. The third-order valence-electron chi connectivity index (χ3n) is 3.73. The summed E-state index contributed by atoms with van der Waals surface area (Å²) in [7, 11) is 1.29. The highest BCUT2D eigenvalue weighted by Gasteiger charge is 2.25. The average molecular weight is 364 g/mol. The molecule has 7 heteroatoms. The summed E-state index contributed by atoms with van der Waals surface area (Å²) in [5.74, 6) is -1.15. The van der Waals surface area contributed by atoms with Crippen molar-refractivity contribution in [2.24, 2.45) is 4.99 Å². The molecule has 2 aromatic carbocycles. The minimum atomic E-state index is -0.615. The van der Waals surface area contributed by atoms with E-state index in [1.54, 1.807) is 48.5 Å². The largest absolute Gasteiger partial charge is 0.465 e. The van der Waals surface area contributed by atoms with Crippen LogP contribution in [0.15, 0.2) is 59.2 Å². The maximum Gasteiger partial charge on any atom is 0.363 e. The molecule has 0 saturated heterocycles. The predicted octanol–water partition coefficient (Wildman–Crippen LogP) is 2.78. The number of nitrogens with one attached hydrogen (secondary N) is 1. The molecule has 27 heavy (non-hydrogen) atoms. The van der Waals surface area contributed by atoms with Gasteiger partial charge >= 0.3 is 11.9 Å². The average Bonchev–Trinajstić information content (AvgIpc) is 3.02. The number of nitrogens with zero attached hydrogens (tertiary/aromatic N) is 1. The fraction of sp³-hybridized carbons (Fsp3) is 0.100. The van der Waals surface area contributed by atoms with Crippen molar-refractivity contribution in [3.8, 4) is 0 Å². The number of anilines is 1. The van der Waals surface area contributed by atoms with E-state index in [0.717, 1.165) is 0 Å². The highest BCUT2D eigenvalue weighted by atomic mass is 16.6. The van der Waals surface area contributed by atoms with Crippen LogP contribution in [0.25, 0.3) is 6.08 Å². The quantitative estimate of drug-likeness (QED) is 0.665. The van der Waals surface area contributed by atoms with Gasteiger partial charge < -0.3 is 14.8 Å². The number of hydrogen-bond acceptors (Lipinski definition) is 6. The molecule has 1 aliphatic rings. The number of hydrogen-bond donors (Lipinski definition) is 1. The van der Waals surface area contributed by atoms with Gasteiger partial charge in [-0.2, -0.15) is 0 Å². The van der Waals surface area contributed by atoms with E-state index in [9.17, 15) is 14.4 Å². The summed E-state index contributed by atoms with van der Waals surface area (Å²) in [5, 5.41) is 2.65. The van der Waals surface area contributed by atoms with Gasteiger partial charge in [0.1, 0.15) is 0 Å². The molecular formula is C20H16N2O5. The van der Waals surface area contributed by atoms with Gasteiger partial charge in [-0.25, -0.2) is 14.6 Å². The molecule has 0 saturated carbocycles. The summed E-state index contributed by atoms with van der Waals surface area (Å²) in [6.07, 6.45) is 1.48. The number of methoxy groups -OCH3 is 1. The van der Waals surface area contributed by atoms with Crippen molar-refractivity contribution in [1.82, 2.24) is 0 Å². The smallest absolute Gasteiger partial charge is 0.363 e. The Kier molecular flexibility index (Phi) is 5.12. The van der Waals surface area contributed by atoms with Gasteiger partial charge in [0.15, 0.2) is 5.70 Å². The molecular weight excluding hydrogens is 348 g/mol. The molecule has 0 bridgehead atoms. The lowest BCUT2D eigenvalue weighted by molar-refractivity contribution is -0.129. The minimum Gasteiger partial charge on any atom is -0.465 e. The van der Waals surface area contributed by atoms with Gasteiger partial charge in [-0.05, 0) is 42.0 Å². The van der Waals surface area contributed by atoms with Crippen LogP contribution in [0.4, 0.5) is 5.69 Å². The van der Waals surface area contributed by atoms with Crippen LogP contribution in [-0.2, 0) is 19.1 Å². The first kappa shape index (κ1) is 18.1. The number of aliphatic imine (C=N–C) groups is 1. The Bertz CT molecular complexity index is 974. The van der Waals surface area contributed by atoms with Crippen LogP contribution in [-0.4, -0.2) is 30.9 Å². The van der Waals surface area contributed by atoms with Crippen LogP contribution in [0.2, 0.25) is 0 Å². The Balaban J connectivity index is 1.90. The van der Waals surface area contributed by atoms with E-state index in [4.69, 9.17) is 9.47 Å². The van der Waals surface area contributed by atoms with E-state index in [1.165, 1.54) is 20.1 Å². The predicted molar refractivity (Wildman–Crippen MR) is 99.1 cm³/mol. The van der Waals surface area contributed by atoms with Crippen LogP contribution < -0.4 is 5.32 Å². The Labute approximate surface area is 155 Å². The lowest BCUT2D eigenvalue weighted by Gasteiger charge is -2.03.